The van der Waals surface area contributed by atoms with Gasteiger partial charge in [-0.2, -0.15) is 0 Å². The molecule has 0 heterocycles. The largest absolute Gasteiger partial charge is 0.0917 e. The zero-order chi connectivity index (χ0) is 43.7. The molecule has 0 bridgehead atoms. The number of hydrogen-bond donors (Lipinski definition) is 0. The van der Waals surface area contributed by atoms with Crippen molar-refractivity contribution < 1.29 is 0 Å². The van der Waals surface area contributed by atoms with Crippen molar-refractivity contribution in [3.8, 4) is 0 Å². The maximum absolute atomic E-state index is 2.45. The summed E-state index contributed by atoms with van der Waals surface area (Å²) in [5, 5.41) is 0. The van der Waals surface area contributed by atoms with Gasteiger partial charge in [0.2, 0.25) is 0 Å². The smallest absolute Gasteiger partial charge is 0.0351 e. The molecule has 0 N–H and O–H groups in total. The van der Waals surface area contributed by atoms with E-state index < -0.39 is 0 Å². The van der Waals surface area contributed by atoms with Crippen LogP contribution in [0.5, 0.6) is 0 Å². The van der Waals surface area contributed by atoms with Gasteiger partial charge in [-0.05, 0) is 65.2 Å². The second-order valence-electron chi connectivity index (χ2n) is 20.1. The van der Waals surface area contributed by atoms with Crippen LogP contribution in [0.4, 0.5) is 0 Å². The van der Waals surface area contributed by atoms with Gasteiger partial charge < -0.3 is 0 Å². The number of unbranched alkanes of at least 4 members (excludes halogenated alkanes) is 51. The van der Waals surface area contributed by atoms with E-state index in [0.717, 1.165) is 0 Å². The van der Waals surface area contributed by atoms with Crippen LogP contribution in [0.25, 0.3) is 0 Å². The maximum Gasteiger partial charge on any atom is -0.0351 e. The zero-order valence-electron chi connectivity index (χ0n) is 42.9. The minimum absolute atomic E-state index is 1.27. The topological polar surface area (TPSA) is 0 Å². The van der Waals surface area contributed by atoms with Crippen molar-refractivity contribution in [3.05, 3.63) is 36.5 Å². The molecular formula is C61H118. The summed E-state index contributed by atoms with van der Waals surface area (Å²) in [7, 11) is 0. The molecule has 0 aliphatic carbocycles. The van der Waals surface area contributed by atoms with E-state index in [1.807, 2.05) is 0 Å². The van der Waals surface area contributed by atoms with Crippen LogP contribution in [0.15, 0.2) is 36.5 Å². The Bertz CT molecular complexity index is 816. The molecule has 61 heavy (non-hydrogen) atoms. The van der Waals surface area contributed by atoms with Crippen LogP contribution in [-0.4, -0.2) is 0 Å². The van der Waals surface area contributed by atoms with Crippen molar-refractivity contribution in [2.75, 3.05) is 0 Å². The Morgan fingerprint density at radius 3 is 0.344 bits per heavy atom. The predicted octanol–water partition coefficient (Wildman–Crippen LogP) is 23.4. The summed E-state index contributed by atoms with van der Waals surface area (Å²) in [6, 6.07) is 0. The molecule has 0 rings (SSSR count). The molecule has 0 nitrogen and oxygen atoms in total. The molecule has 0 aliphatic heterocycles. The third-order valence-electron chi connectivity index (χ3n) is 13.9. The summed E-state index contributed by atoms with van der Waals surface area (Å²) in [5.41, 5.74) is 0. The molecule has 0 saturated carbocycles. The summed E-state index contributed by atoms with van der Waals surface area (Å²) in [6.45, 7) is 4.26. The molecule has 362 valence electrons. The quantitative estimate of drug-likeness (QED) is 0.0422. The lowest BCUT2D eigenvalue weighted by Crippen LogP contribution is -1.85. The van der Waals surface area contributed by atoms with Gasteiger partial charge in [0.05, 0.1) is 0 Å². The van der Waals surface area contributed by atoms with E-state index in [1.165, 1.54) is 340 Å². The van der Waals surface area contributed by atoms with Crippen LogP contribution < -0.4 is 0 Å². The summed E-state index contributed by atoms with van der Waals surface area (Å²) in [5.74, 6) is 0. The van der Waals surface area contributed by atoms with Crippen molar-refractivity contribution in [2.45, 2.75) is 354 Å². The SMILES string of the molecule is CC=CCCCCCCC=CCCCCCCCCCCCCCCCCCCCCCCCCCCCCCCCCCCCCCCCCCCCCCCCC=CC. The van der Waals surface area contributed by atoms with Crippen LogP contribution in [0.1, 0.15) is 354 Å². The number of allylic oxidation sites excluding steroid dienone is 6. The van der Waals surface area contributed by atoms with E-state index in [9.17, 15) is 0 Å². The third-order valence-corrected chi connectivity index (χ3v) is 13.9. The monoisotopic (exact) mass is 851 g/mol. The van der Waals surface area contributed by atoms with Crippen molar-refractivity contribution in [1.82, 2.24) is 0 Å². The standard InChI is InChI=1S/C61H118/c1-3-5-7-9-11-13-15-17-19-21-23-25-27-29-31-33-35-37-39-41-43-45-47-49-51-53-55-57-59-61-60-58-56-54-52-50-48-46-44-42-40-38-36-34-32-30-28-26-24-22-20-18-16-14-12-10-8-6-4-2/h3-6,19,21H,7-18,20,22-61H2,1-2H3. The lowest BCUT2D eigenvalue weighted by molar-refractivity contribution is 0.508. The first kappa shape index (κ1) is 60.2. The molecule has 0 radical (unpaired) electrons. The molecule has 0 fully saturated rings. The Morgan fingerprint density at radius 2 is 0.230 bits per heavy atom. The highest BCUT2D eigenvalue weighted by atomic mass is 14.1. The fourth-order valence-electron chi connectivity index (χ4n) is 9.57. The highest BCUT2D eigenvalue weighted by Crippen LogP contribution is 2.19. The van der Waals surface area contributed by atoms with E-state index in [4.69, 9.17) is 0 Å². The minimum Gasteiger partial charge on any atom is -0.0917 e. The van der Waals surface area contributed by atoms with Gasteiger partial charge in [-0.25, -0.2) is 0 Å². The van der Waals surface area contributed by atoms with Crippen LogP contribution in [-0.2, 0) is 0 Å². The van der Waals surface area contributed by atoms with Gasteiger partial charge in [-0.1, -0.05) is 325 Å². The number of hydrogen-bond acceptors (Lipinski definition) is 0. The molecular weight excluding hydrogens is 733 g/mol. The Balaban J connectivity index is 3.08. The van der Waals surface area contributed by atoms with Crippen molar-refractivity contribution >= 4 is 0 Å². The lowest BCUT2D eigenvalue weighted by atomic mass is 10.0. The Labute approximate surface area is 389 Å². The summed E-state index contributed by atoms with van der Waals surface area (Å²) in [6.07, 6.45) is 91.2. The zero-order valence-corrected chi connectivity index (χ0v) is 42.9. The second kappa shape index (κ2) is 59.2. The average Bonchev–Trinajstić information content (AvgIpc) is 3.27. The van der Waals surface area contributed by atoms with Gasteiger partial charge in [0.25, 0.3) is 0 Å². The van der Waals surface area contributed by atoms with Crippen LogP contribution >= 0.6 is 0 Å². The van der Waals surface area contributed by atoms with E-state index >= 15 is 0 Å². The van der Waals surface area contributed by atoms with Gasteiger partial charge in [-0.3, -0.25) is 0 Å². The predicted molar refractivity (Wildman–Crippen MR) is 283 cm³/mol. The third kappa shape index (κ3) is 59.2. The normalized spacial score (nSPS) is 12.1. The lowest BCUT2D eigenvalue weighted by Gasteiger charge is -2.05. The molecule has 0 amide bonds. The molecule has 0 unspecified atom stereocenters. The number of rotatable bonds is 55. The molecule has 0 aromatic heterocycles. The van der Waals surface area contributed by atoms with Gasteiger partial charge in [0, 0.05) is 0 Å². The molecule has 0 heteroatoms. The van der Waals surface area contributed by atoms with Crippen molar-refractivity contribution in [1.29, 1.82) is 0 Å². The van der Waals surface area contributed by atoms with E-state index in [2.05, 4.69) is 50.3 Å². The Morgan fingerprint density at radius 1 is 0.131 bits per heavy atom. The highest BCUT2D eigenvalue weighted by Gasteiger charge is 1.99. The molecule has 0 saturated heterocycles. The second-order valence-corrected chi connectivity index (χ2v) is 20.1. The minimum atomic E-state index is 1.27. The van der Waals surface area contributed by atoms with Crippen LogP contribution in [0, 0.1) is 0 Å². The summed E-state index contributed by atoms with van der Waals surface area (Å²) >= 11 is 0. The molecule has 0 aromatic rings. The van der Waals surface area contributed by atoms with Crippen LogP contribution in [0.2, 0.25) is 0 Å². The maximum atomic E-state index is 2.45. The molecule has 0 spiro atoms. The van der Waals surface area contributed by atoms with Crippen molar-refractivity contribution in [3.63, 3.8) is 0 Å². The summed E-state index contributed by atoms with van der Waals surface area (Å²) in [4.78, 5) is 0. The fourth-order valence-corrected chi connectivity index (χ4v) is 9.57. The van der Waals surface area contributed by atoms with Gasteiger partial charge >= 0.3 is 0 Å². The molecule has 0 atom stereocenters. The Hall–Kier alpha value is -0.780. The van der Waals surface area contributed by atoms with E-state index in [-0.39, 0.29) is 0 Å². The molecule has 0 aromatic carbocycles. The van der Waals surface area contributed by atoms with Crippen LogP contribution in [0.3, 0.4) is 0 Å². The van der Waals surface area contributed by atoms with E-state index in [1.54, 1.807) is 0 Å². The first-order valence-electron chi connectivity index (χ1n) is 29.3. The highest BCUT2D eigenvalue weighted by molar-refractivity contribution is 4.81. The van der Waals surface area contributed by atoms with E-state index in [0.29, 0.717) is 0 Å². The first-order chi connectivity index (χ1) is 30.4. The van der Waals surface area contributed by atoms with Gasteiger partial charge in [0.1, 0.15) is 0 Å². The average molecular weight is 852 g/mol. The van der Waals surface area contributed by atoms with Gasteiger partial charge in [-0.15, -0.1) is 0 Å². The summed E-state index contributed by atoms with van der Waals surface area (Å²) < 4.78 is 0. The Kier molecular flexibility index (Phi) is 58.5. The van der Waals surface area contributed by atoms with Crippen molar-refractivity contribution in [2.24, 2.45) is 0 Å². The van der Waals surface area contributed by atoms with Gasteiger partial charge in [0.15, 0.2) is 0 Å². The molecule has 0 aliphatic rings. The fraction of sp³-hybridized carbons (Fsp3) is 0.902. The first-order valence-corrected chi connectivity index (χ1v) is 29.3.